The third-order valence-corrected chi connectivity index (χ3v) is 14.1. The number of likely N-dealkylation sites (N-methyl/N-ethyl adjacent to an activating group) is 1. The molecule has 1 heterocycles. The lowest BCUT2D eigenvalue weighted by Crippen LogP contribution is -2.61. The molecule has 40 nitrogen and oxygen atoms in total. The Labute approximate surface area is 578 Å². The smallest absolute Gasteiger partial charge is 0.335 e. The Morgan fingerprint density at radius 1 is 0.490 bits per heavy atom. The van der Waals surface area contributed by atoms with Gasteiger partial charge in [0.25, 0.3) is 0 Å². The highest BCUT2D eigenvalue weighted by atomic mass is 16.7. The van der Waals surface area contributed by atoms with E-state index in [1.54, 1.807) is 0 Å². The van der Waals surface area contributed by atoms with E-state index in [1.165, 1.54) is 30.1 Å². The van der Waals surface area contributed by atoms with Crippen LogP contribution in [0.5, 0.6) is 5.75 Å². The van der Waals surface area contributed by atoms with Crippen molar-refractivity contribution in [3.8, 4) is 5.75 Å². The van der Waals surface area contributed by atoms with Crippen molar-refractivity contribution in [2.45, 2.75) is 98.6 Å². The number of carbonyl (C=O) groups excluding carboxylic acids is 4. The number of carboxylic acid groups (broad SMARTS) is 1. The van der Waals surface area contributed by atoms with Gasteiger partial charge >= 0.3 is 5.97 Å². The molecule has 1 aliphatic heterocycles. The summed E-state index contributed by atoms with van der Waals surface area (Å²) in [6.07, 6.45) is -24.4. The number of aliphatic carboxylic acids is 1. The highest BCUT2D eigenvalue weighted by molar-refractivity contribution is 5.99. The maximum Gasteiger partial charge on any atom is 0.335 e. The number of aliphatic hydroxyl groups is 14. The average Bonchev–Trinajstić information content (AvgIpc) is 0.799. The molecule has 1 aromatic carbocycles. The lowest BCUT2D eigenvalue weighted by molar-refractivity contribution is -0.271. The Kier molecular flexibility index (Phi) is 51.7. The van der Waals surface area contributed by atoms with Crippen molar-refractivity contribution in [2.75, 3.05) is 223 Å². The standard InChI is InChI=1S/C60H108N6O34/c1-61-32-48(75)63-33-49(76)64-41(58(84)65-40-30-39(36-67)2-3-46(40)99-60-56(83)54(81)55(82)57(100-60)59(85)86)31-62-47(74)4-6-87-8-10-89-12-14-91-16-18-93-20-22-95-24-26-97-28-29-98-27-25-96-23-21-94-19-17-92-15-13-90-11-9-88-7-5-66(34-42(70)50(77)52(79)44(72)37-68)35-43(71)51(78)53(80)45(73)38-69/h2-3,30,41-45,50-57,60-61,67-73,77-83H,4-29,31-38H2,1H3,(H,62,74)(H,63,75)(H,64,76)(H,65,84)(H,85,86)/t41?,42-,43-,44+,45+,50+,51+,52+,53+,54-,55-,56+,57-,60+/m0/s1. The number of amides is 4. The third-order valence-electron chi connectivity index (χ3n) is 14.1. The minimum atomic E-state index is -2.01. The highest BCUT2D eigenvalue weighted by Crippen LogP contribution is 2.31. The maximum atomic E-state index is 13.7. The number of hydrogen-bond donors (Lipinski definition) is 20. The van der Waals surface area contributed by atoms with Crippen LogP contribution in [0, 0.1) is 0 Å². The lowest BCUT2D eigenvalue weighted by Gasteiger charge is -2.38. The first-order chi connectivity index (χ1) is 48.1. The van der Waals surface area contributed by atoms with Crippen molar-refractivity contribution >= 4 is 35.3 Å². The second-order valence-electron chi connectivity index (χ2n) is 22.0. The van der Waals surface area contributed by atoms with Gasteiger partial charge in [-0.1, -0.05) is 6.07 Å². The molecule has 1 aromatic rings. The Balaban J connectivity index is 1.45. The number of ether oxygens (including phenoxy) is 14. The van der Waals surface area contributed by atoms with Crippen LogP contribution < -0.4 is 31.3 Å². The van der Waals surface area contributed by atoms with Gasteiger partial charge in [0.05, 0.1) is 209 Å². The summed E-state index contributed by atoms with van der Waals surface area (Å²) in [6.45, 7) is 2.60. The van der Waals surface area contributed by atoms with Gasteiger partial charge in [-0.3, -0.25) is 24.1 Å². The van der Waals surface area contributed by atoms with Crippen LogP contribution in [0.15, 0.2) is 18.2 Å². The number of anilines is 1. The van der Waals surface area contributed by atoms with E-state index < -0.39 is 161 Å². The van der Waals surface area contributed by atoms with Crippen LogP contribution in [-0.2, 0) is 92.2 Å². The Bertz CT molecular complexity index is 2270. The minimum absolute atomic E-state index is 0.00448. The molecule has 0 bridgehead atoms. The number of nitrogens with zero attached hydrogens (tertiary/aromatic N) is 1. The van der Waals surface area contributed by atoms with Gasteiger partial charge in [-0.25, -0.2) is 4.79 Å². The van der Waals surface area contributed by atoms with E-state index in [1.807, 2.05) is 0 Å². The van der Waals surface area contributed by atoms with Gasteiger partial charge < -0.3 is 169 Å². The van der Waals surface area contributed by atoms with E-state index in [0.29, 0.717) is 106 Å². The largest absolute Gasteiger partial charge is 0.479 e. The van der Waals surface area contributed by atoms with Crippen LogP contribution in [0.3, 0.4) is 0 Å². The SMILES string of the molecule is CNCC(=O)NCC(=O)NC(CNC(=O)CCOCCOCCOCCOCCOCCOCCOCCOCCOCCOCCOCCOCCN(C[C@H](O)[C@@H](O)[C@H](O)[C@H](O)CO)C[C@H](O)[C@@H](O)[C@H](O)[C@H](O)CO)C(=O)Nc1cc(CO)ccc1O[C@@H]1O[C@H](C(=O)O)[C@@H](O)[C@H](O)[C@H]1O. The van der Waals surface area contributed by atoms with Crippen LogP contribution >= 0.6 is 0 Å². The normalized spacial score (nSPS) is 19.1. The summed E-state index contributed by atoms with van der Waals surface area (Å²) in [4.78, 5) is 64.2. The summed E-state index contributed by atoms with van der Waals surface area (Å²) >= 11 is 0. The highest BCUT2D eigenvalue weighted by Gasteiger charge is 2.48. The molecule has 1 saturated heterocycles. The molecule has 1 fully saturated rings. The molecule has 2 rings (SSSR count). The van der Waals surface area contributed by atoms with Crippen molar-refractivity contribution in [2.24, 2.45) is 0 Å². The van der Waals surface area contributed by atoms with Crippen LogP contribution in [0.1, 0.15) is 12.0 Å². The Morgan fingerprint density at radius 3 is 1.28 bits per heavy atom. The van der Waals surface area contributed by atoms with Crippen LogP contribution in [-0.4, -0.2) is 415 Å². The maximum absolute atomic E-state index is 13.7. The van der Waals surface area contributed by atoms with E-state index in [4.69, 9.17) is 76.5 Å². The van der Waals surface area contributed by atoms with Crippen LogP contribution in [0.4, 0.5) is 5.69 Å². The first-order valence-corrected chi connectivity index (χ1v) is 32.5. The minimum Gasteiger partial charge on any atom is -0.479 e. The molecule has 0 aromatic heterocycles. The topological polar surface area (TPSA) is 581 Å². The number of aliphatic hydroxyl groups excluding tert-OH is 14. The van der Waals surface area contributed by atoms with Gasteiger partial charge in [0.2, 0.25) is 29.9 Å². The molecule has 100 heavy (non-hydrogen) atoms. The molecule has 20 N–H and O–H groups in total. The van der Waals surface area contributed by atoms with Crippen LogP contribution in [0.25, 0.3) is 0 Å². The fraction of sp³-hybridized carbons (Fsp3) is 0.817. The number of rotatable bonds is 64. The fourth-order valence-electron chi connectivity index (χ4n) is 8.54. The second-order valence-corrected chi connectivity index (χ2v) is 22.0. The van der Waals surface area contributed by atoms with E-state index in [-0.39, 0.29) is 89.4 Å². The van der Waals surface area contributed by atoms with Crippen molar-refractivity contribution in [3.63, 3.8) is 0 Å². The zero-order chi connectivity index (χ0) is 73.9. The van der Waals surface area contributed by atoms with E-state index in [9.17, 15) is 90.4 Å². The van der Waals surface area contributed by atoms with Gasteiger partial charge in [-0.2, -0.15) is 0 Å². The molecule has 4 amide bonds. The van der Waals surface area contributed by atoms with E-state index in [0.717, 1.165) is 0 Å². The summed E-state index contributed by atoms with van der Waals surface area (Å²) in [5.41, 5.74) is 0.0716. The number of hydrogen-bond acceptors (Lipinski definition) is 35. The molecule has 582 valence electrons. The van der Waals surface area contributed by atoms with E-state index >= 15 is 0 Å². The predicted octanol–water partition coefficient (Wildman–Crippen LogP) is -10.9. The molecule has 0 saturated carbocycles. The summed E-state index contributed by atoms with van der Waals surface area (Å²) in [7, 11) is 1.52. The molecular formula is C60H108N6O34. The molecule has 14 atom stereocenters. The van der Waals surface area contributed by atoms with Gasteiger partial charge in [0, 0.05) is 32.6 Å². The third kappa shape index (κ3) is 40.3. The fourth-order valence-corrected chi connectivity index (χ4v) is 8.54. The quantitative estimate of drug-likeness (QED) is 0.0269. The zero-order valence-electron chi connectivity index (χ0n) is 56.3. The summed E-state index contributed by atoms with van der Waals surface area (Å²) in [5.74, 6) is -4.74. The number of carboxylic acids is 1. The lowest BCUT2D eigenvalue weighted by atomic mass is 9.99. The summed E-state index contributed by atoms with van der Waals surface area (Å²) in [6, 6.07) is 2.37. The molecule has 0 radical (unpaired) electrons. The number of nitrogens with one attached hydrogen (secondary N) is 5. The van der Waals surface area contributed by atoms with Crippen molar-refractivity contribution in [1.29, 1.82) is 0 Å². The van der Waals surface area contributed by atoms with Gasteiger partial charge in [-0.15, -0.1) is 0 Å². The van der Waals surface area contributed by atoms with Crippen molar-refractivity contribution in [3.05, 3.63) is 23.8 Å². The van der Waals surface area contributed by atoms with Crippen LogP contribution in [0.2, 0.25) is 0 Å². The average molecular weight is 1460 g/mol. The van der Waals surface area contributed by atoms with Gasteiger partial charge in [0.1, 0.15) is 66.7 Å². The first-order valence-electron chi connectivity index (χ1n) is 32.5. The number of carbonyl (C=O) groups is 5. The van der Waals surface area contributed by atoms with E-state index in [2.05, 4.69) is 26.6 Å². The zero-order valence-corrected chi connectivity index (χ0v) is 56.3. The van der Waals surface area contributed by atoms with Crippen molar-refractivity contribution in [1.82, 2.24) is 26.2 Å². The van der Waals surface area contributed by atoms with Crippen molar-refractivity contribution < 1.29 is 167 Å². The molecule has 1 aliphatic rings. The van der Waals surface area contributed by atoms with Gasteiger partial charge in [-0.05, 0) is 24.7 Å². The number of benzene rings is 1. The monoisotopic (exact) mass is 1460 g/mol. The molecule has 1 unspecified atom stereocenters. The van der Waals surface area contributed by atoms with Gasteiger partial charge in [0.15, 0.2) is 6.10 Å². The Morgan fingerprint density at radius 2 is 0.890 bits per heavy atom. The Hall–Kier alpha value is -4.79. The second kappa shape index (κ2) is 56.6. The summed E-state index contributed by atoms with van der Waals surface area (Å²) in [5, 5.41) is 161. The summed E-state index contributed by atoms with van der Waals surface area (Å²) < 4.78 is 76.7. The molecule has 40 heteroatoms. The predicted molar refractivity (Wildman–Crippen MR) is 341 cm³/mol. The molecule has 0 aliphatic carbocycles. The molecule has 0 spiro atoms. The first kappa shape index (κ1) is 91.3. The molecular weight excluding hydrogens is 1350 g/mol.